The van der Waals surface area contributed by atoms with Crippen molar-refractivity contribution in [2.24, 2.45) is 0 Å². The van der Waals surface area contributed by atoms with E-state index in [0.717, 1.165) is 12.3 Å². The molecule has 0 amide bonds. The summed E-state index contributed by atoms with van der Waals surface area (Å²) in [5.74, 6) is 0.786. The maximum Gasteiger partial charge on any atom is 0.252 e. The number of hydrogen-bond acceptors (Lipinski definition) is 3. The number of likely N-dealkylation sites (tertiary alicyclic amines) is 1. The van der Waals surface area contributed by atoms with E-state index in [1.807, 2.05) is 0 Å². The Morgan fingerprint density at radius 2 is 1.83 bits per heavy atom. The smallest absolute Gasteiger partial charge is 0.252 e. The molecule has 1 aromatic carbocycles. The van der Waals surface area contributed by atoms with Gasteiger partial charge in [-0.25, -0.2) is 0 Å². The summed E-state index contributed by atoms with van der Waals surface area (Å²) < 4.78 is 5.65. The standard InChI is InChI=1S/C14H18ClNO2/c15-14(17)12-4-6-13(7-5-12)18-11-10-16-8-2-1-3-9-16/h4-7H,1-3,8-11H2. The number of ether oxygens (including phenoxy) is 1. The van der Waals surface area contributed by atoms with Crippen LogP contribution < -0.4 is 4.74 Å². The molecule has 3 nitrogen and oxygen atoms in total. The van der Waals surface area contributed by atoms with E-state index in [0.29, 0.717) is 12.2 Å². The predicted molar refractivity (Wildman–Crippen MR) is 72.4 cm³/mol. The number of carbonyl (C=O) groups excluding carboxylic acids is 1. The average Bonchev–Trinajstić information content (AvgIpc) is 2.40. The van der Waals surface area contributed by atoms with Gasteiger partial charge in [-0.1, -0.05) is 6.42 Å². The molecular formula is C14H18ClNO2. The van der Waals surface area contributed by atoms with E-state index in [9.17, 15) is 4.79 Å². The fourth-order valence-corrected chi connectivity index (χ4v) is 2.28. The molecule has 0 saturated carbocycles. The lowest BCUT2D eigenvalue weighted by Crippen LogP contribution is -2.33. The van der Waals surface area contributed by atoms with Crippen LogP contribution in [0, 0.1) is 0 Å². The van der Waals surface area contributed by atoms with E-state index < -0.39 is 5.24 Å². The van der Waals surface area contributed by atoms with Crippen molar-refractivity contribution in [3.05, 3.63) is 29.8 Å². The lowest BCUT2D eigenvalue weighted by molar-refractivity contribution is 0.108. The molecule has 0 aliphatic carbocycles. The van der Waals surface area contributed by atoms with Crippen molar-refractivity contribution in [2.45, 2.75) is 19.3 Å². The van der Waals surface area contributed by atoms with Crippen LogP contribution in [0.1, 0.15) is 29.6 Å². The third-order valence-corrected chi connectivity index (χ3v) is 3.42. The van der Waals surface area contributed by atoms with E-state index in [4.69, 9.17) is 16.3 Å². The second-order valence-corrected chi connectivity index (χ2v) is 4.89. The predicted octanol–water partition coefficient (Wildman–Crippen LogP) is 2.93. The average molecular weight is 268 g/mol. The highest BCUT2D eigenvalue weighted by Gasteiger charge is 2.09. The van der Waals surface area contributed by atoms with Gasteiger partial charge in [0, 0.05) is 12.1 Å². The minimum absolute atomic E-state index is 0.435. The van der Waals surface area contributed by atoms with E-state index in [2.05, 4.69) is 4.90 Å². The highest BCUT2D eigenvalue weighted by molar-refractivity contribution is 6.67. The van der Waals surface area contributed by atoms with Crippen molar-refractivity contribution in [1.82, 2.24) is 4.90 Å². The van der Waals surface area contributed by atoms with Crippen LogP contribution in [0.5, 0.6) is 5.75 Å². The number of benzene rings is 1. The number of piperidine rings is 1. The van der Waals surface area contributed by atoms with Gasteiger partial charge in [0.25, 0.3) is 5.24 Å². The van der Waals surface area contributed by atoms with Crippen molar-refractivity contribution in [2.75, 3.05) is 26.2 Å². The monoisotopic (exact) mass is 267 g/mol. The molecule has 1 aliphatic heterocycles. The number of nitrogens with zero attached hydrogens (tertiary/aromatic N) is 1. The van der Waals surface area contributed by atoms with Gasteiger partial charge in [-0.15, -0.1) is 0 Å². The second kappa shape index (κ2) is 6.76. The molecule has 0 bridgehead atoms. The summed E-state index contributed by atoms with van der Waals surface area (Å²) in [5.41, 5.74) is 0.500. The molecule has 0 aromatic heterocycles. The molecule has 4 heteroatoms. The first-order valence-corrected chi connectivity index (χ1v) is 6.78. The second-order valence-electron chi connectivity index (χ2n) is 4.55. The molecule has 0 atom stereocenters. The molecule has 0 unspecified atom stereocenters. The Labute approximate surface area is 113 Å². The SMILES string of the molecule is O=C(Cl)c1ccc(OCCN2CCCCC2)cc1. The summed E-state index contributed by atoms with van der Waals surface area (Å²) in [6, 6.07) is 6.94. The molecule has 0 spiro atoms. The van der Waals surface area contributed by atoms with Crippen LogP contribution in [0.3, 0.4) is 0 Å². The molecule has 2 rings (SSSR count). The van der Waals surface area contributed by atoms with Crippen LogP contribution >= 0.6 is 11.6 Å². The van der Waals surface area contributed by atoms with Gasteiger partial charge < -0.3 is 4.74 Å². The topological polar surface area (TPSA) is 29.5 Å². The molecule has 1 saturated heterocycles. The first-order chi connectivity index (χ1) is 8.75. The Hall–Kier alpha value is -1.06. The van der Waals surface area contributed by atoms with E-state index in [-0.39, 0.29) is 0 Å². The van der Waals surface area contributed by atoms with Gasteiger partial charge in [0.15, 0.2) is 0 Å². The van der Waals surface area contributed by atoms with Crippen LogP contribution in [0.4, 0.5) is 0 Å². The Balaban J connectivity index is 1.74. The summed E-state index contributed by atoms with van der Waals surface area (Å²) in [5, 5.41) is -0.435. The maximum absolute atomic E-state index is 10.9. The quantitative estimate of drug-likeness (QED) is 0.769. The van der Waals surface area contributed by atoms with E-state index in [1.54, 1.807) is 24.3 Å². The van der Waals surface area contributed by atoms with Crippen molar-refractivity contribution in [3.8, 4) is 5.75 Å². The highest BCUT2D eigenvalue weighted by atomic mass is 35.5. The minimum atomic E-state index is -0.435. The van der Waals surface area contributed by atoms with Gasteiger partial charge in [0.05, 0.1) is 0 Å². The first kappa shape index (κ1) is 13.4. The third-order valence-electron chi connectivity index (χ3n) is 3.21. The summed E-state index contributed by atoms with van der Waals surface area (Å²) in [4.78, 5) is 13.3. The maximum atomic E-state index is 10.9. The van der Waals surface area contributed by atoms with Gasteiger partial charge in [-0.3, -0.25) is 9.69 Å². The minimum Gasteiger partial charge on any atom is -0.492 e. The number of halogens is 1. The Bertz CT molecular complexity index is 385. The number of rotatable bonds is 5. The molecule has 98 valence electrons. The molecule has 1 aliphatic rings. The molecular weight excluding hydrogens is 250 g/mol. The van der Waals surface area contributed by atoms with Gasteiger partial charge in [0.1, 0.15) is 12.4 Å². The summed E-state index contributed by atoms with van der Waals surface area (Å²) in [6.07, 6.45) is 3.95. The Morgan fingerprint density at radius 3 is 2.44 bits per heavy atom. The van der Waals surface area contributed by atoms with Gasteiger partial charge >= 0.3 is 0 Å². The van der Waals surface area contributed by atoms with Crippen LogP contribution in [0.2, 0.25) is 0 Å². The molecule has 0 N–H and O–H groups in total. The first-order valence-electron chi connectivity index (χ1n) is 6.41. The summed E-state index contributed by atoms with van der Waals surface area (Å²) >= 11 is 5.38. The lowest BCUT2D eigenvalue weighted by Gasteiger charge is -2.26. The molecule has 0 radical (unpaired) electrons. The number of carbonyl (C=O) groups is 1. The highest BCUT2D eigenvalue weighted by Crippen LogP contribution is 2.14. The fourth-order valence-electron chi connectivity index (χ4n) is 2.16. The molecule has 1 fully saturated rings. The van der Waals surface area contributed by atoms with E-state index >= 15 is 0 Å². The van der Waals surface area contributed by atoms with E-state index in [1.165, 1.54) is 32.4 Å². The zero-order valence-electron chi connectivity index (χ0n) is 10.4. The zero-order chi connectivity index (χ0) is 12.8. The van der Waals surface area contributed by atoms with Crippen molar-refractivity contribution < 1.29 is 9.53 Å². The molecule has 1 heterocycles. The van der Waals surface area contributed by atoms with Gasteiger partial charge in [-0.05, 0) is 61.8 Å². The Kier molecular flexibility index (Phi) is 5.02. The summed E-state index contributed by atoms with van der Waals surface area (Å²) in [6.45, 7) is 4.02. The summed E-state index contributed by atoms with van der Waals surface area (Å²) in [7, 11) is 0. The van der Waals surface area contributed by atoms with Gasteiger partial charge in [-0.2, -0.15) is 0 Å². The molecule has 18 heavy (non-hydrogen) atoms. The Morgan fingerprint density at radius 1 is 1.17 bits per heavy atom. The van der Waals surface area contributed by atoms with Gasteiger partial charge in [0.2, 0.25) is 0 Å². The largest absolute Gasteiger partial charge is 0.492 e. The van der Waals surface area contributed by atoms with Crippen molar-refractivity contribution in [1.29, 1.82) is 0 Å². The van der Waals surface area contributed by atoms with Crippen molar-refractivity contribution in [3.63, 3.8) is 0 Å². The normalized spacial score (nSPS) is 16.5. The van der Waals surface area contributed by atoms with Crippen LogP contribution in [-0.2, 0) is 0 Å². The third kappa shape index (κ3) is 4.00. The number of hydrogen-bond donors (Lipinski definition) is 0. The van der Waals surface area contributed by atoms with Crippen molar-refractivity contribution >= 4 is 16.8 Å². The lowest BCUT2D eigenvalue weighted by atomic mass is 10.1. The fraction of sp³-hybridized carbons (Fsp3) is 0.500. The van der Waals surface area contributed by atoms with Crippen LogP contribution in [0.15, 0.2) is 24.3 Å². The van der Waals surface area contributed by atoms with Crippen LogP contribution in [0.25, 0.3) is 0 Å². The molecule has 1 aromatic rings. The van der Waals surface area contributed by atoms with Crippen LogP contribution in [-0.4, -0.2) is 36.4 Å². The zero-order valence-corrected chi connectivity index (χ0v) is 11.2.